The van der Waals surface area contributed by atoms with Crippen LogP contribution in [0.25, 0.3) is 0 Å². The molecule has 1 atom stereocenters. The summed E-state index contributed by atoms with van der Waals surface area (Å²) in [7, 11) is 0. The molecule has 3 nitrogen and oxygen atoms in total. The molecular weight excluding hydrogens is 165 g/mol. The third-order valence-corrected chi connectivity index (χ3v) is 1.10. The van der Waals surface area contributed by atoms with Crippen molar-refractivity contribution in [2.24, 2.45) is 0 Å². The minimum atomic E-state index is -4.62. The summed E-state index contributed by atoms with van der Waals surface area (Å²) in [6.45, 7) is 0.0987. The van der Waals surface area contributed by atoms with Gasteiger partial charge in [-0.25, -0.2) is 0 Å². The second kappa shape index (κ2) is 3.38. The van der Waals surface area contributed by atoms with Gasteiger partial charge in [-0.1, -0.05) is 0 Å². The van der Waals surface area contributed by atoms with Crippen molar-refractivity contribution in [2.45, 2.75) is 19.1 Å². The van der Waals surface area contributed by atoms with E-state index in [2.05, 4.69) is 14.2 Å². The van der Waals surface area contributed by atoms with E-state index < -0.39 is 12.7 Å². The van der Waals surface area contributed by atoms with E-state index in [1.54, 1.807) is 0 Å². The van der Waals surface area contributed by atoms with Gasteiger partial charge in [-0.15, -0.1) is 13.2 Å². The fourth-order valence-corrected chi connectivity index (χ4v) is 0.688. The molecule has 0 spiro atoms. The lowest BCUT2D eigenvalue weighted by Crippen LogP contribution is -2.31. The Morgan fingerprint density at radius 3 is 2.55 bits per heavy atom. The molecular formula is C5H7F3O3. The van der Waals surface area contributed by atoms with Crippen LogP contribution in [0, 0.1) is 0 Å². The van der Waals surface area contributed by atoms with Gasteiger partial charge in [-0.2, -0.15) is 0 Å². The van der Waals surface area contributed by atoms with E-state index in [1.807, 2.05) is 0 Å². The molecule has 0 aromatic heterocycles. The molecule has 1 rings (SSSR count). The van der Waals surface area contributed by atoms with Gasteiger partial charge in [0.1, 0.15) is 6.79 Å². The molecule has 0 aromatic carbocycles. The molecule has 1 heterocycles. The lowest BCUT2D eigenvalue weighted by molar-refractivity contribution is -0.395. The summed E-state index contributed by atoms with van der Waals surface area (Å²) >= 11 is 0. The monoisotopic (exact) mass is 172 g/mol. The van der Waals surface area contributed by atoms with Crippen LogP contribution in [0.4, 0.5) is 13.2 Å². The Morgan fingerprint density at radius 1 is 1.36 bits per heavy atom. The van der Waals surface area contributed by atoms with Gasteiger partial charge in [0, 0.05) is 6.42 Å². The van der Waals surface area contributed by atoms with Crippen LogP contribution in [-0.2, 0) is 14.2 Å². The van der Waals surface area contributed by atoms with Crippen LogP contribution < -0.4 is 0 Å². The van der Waals surface area contributed by atoms with Crippen molar-refractivity contribution in [1.82, 2.24) is 0 Å². The van der Waals surface area contributed by atoms with Gasteiger partial charge in [-0.3, -0.25) is 4.74 Å². The summed E-state index contributed by atoms with van der Waals surface area (Å²) in [6.07, 6.45) is -5.72. The highest BCUT2D eigenvalue weighted by molar-refractivity contribution is 4.48. The van der Waals surface area contributed by atoms with Gasteiger partial charge >= 0.3 is 6.36 Å². The average molecular weight is 172 g/mol. The van der Waals surface area contributed by atoms with Crippen LogP contribution in [-0.4, -0.2) is 26.1 Å². The fourth-order valence-electron chi connectivity index (χ4n) is 0.688. The average Bonchev–Trinajstić information content (AvgIpc) is 1.85. The lowest BCUT2D eigenvalue weighted by atomic mass is 10.4. The highest BCUT2D eigenvalue weighted by atomic mass is 19.4. The van der Waals surface area contributed by atoms with Crippen molar-refractivity contribution in [3.63, 3.8) is 0 Å². The first-order chi connectivity index (χ1) is 5.08. The smallest absolute Gasteiger partial charge is 0.355 e. The highest BCUT2D eigenvalue weighted by Gasteiger charge is 2.34. The van der Waals surface area contributed by atoms with Crippen molar-refractivity contribution in [3.8, 4) is 0 Å². The Kier molecular flexibility index (Phi) is 2.69. The highest BCUT2D eigenvalue weighted by Crippen LogP contribution is 2.21. The number of ether oxygens (including phenoxy) is 3. The number of halogens is 3. The summed E-state index contributed by atoms with van der Waals surface area (Å²) in [5, 5.41) is 0. The summed E-state index contributed by atoms with van der Waals surface area (Å²) in [5.41, 5.74) is 0. The van der Waals surface area contributed by atoms with E-state index >= 15 is 0 Å². The minimum Gasteiger partial charge on any atom is -0.355 e. The van der Waals surface area contributed by atoms with Gasteiger partial charge in [0.15, 0.2) is 6.29 Å². The van der Waals surface area contributed by atoms with Crippen LogP contribution in [0.1, 0.15) is 6.42 Å². The van der Waals surface area contributed by atoms with E-state index in [9.17, 15) is 13.2 Å². The van der Waals surface area contributed by atoms with Crippen LogP contribution in [0.3, 0.4) is 0 Å². The second-order valence-corrected chi connectivity index (χ2v) is 1.97. The van der Waals surface area contributed by atoms with Gasteiger partial charge in [0.25, 0.3) is 0 Å². The Morgan fingerprint density at radius 2 is 2.09 bits per heavy atom. The molecule has 1 aliphatic rings. The summed E-state index contributed by atoms with van der Waals surface area (Å²) in [6, 6.07) is 0. The molecule has 11 heavy (non-hydrogen) atoms. The van der Waals surface area contributed by atoms with E-state index in [1.165, 1.54) is 0 Å². The summed E-state index contributed by atoms with van der Waals surface area (Å²) in [5.74, 6) is 0. The molecule has 0 saturated carbocycles. The molecule has 0 radical (unpaired) electrons. The number of alkyl halides is 3. The molecule has 66 valence electrons. The van der Waals surface area contributed by atoms with Gasteiger partial charge < -0.3 is 9.47 Å². The van der Waals surface area contributed by atoms with E-state index in [4.69, 9.17) is 0 Å². The van der Waals surface area contributed by atoms with Crippen molar-refractivity contribution < 1.29 is 27.4 Å². The largest absolute Gasteiger partial charge is 0.524 e. The molecule has 1 unspecified atom stereocenters. The topological polar surface area (TPSA) is 27.7 Å². The Labute approximate surface area is 61.0 Å². The maximum absolute atomic E-state index is 11.5. The van der Waals surface area contributed by atoms with E-state index in [0.717, 1.165) is 0 Å². The maximum Gasteiger partial charge on any atom is 0.524 e. The van der Waals surface area contributed by atoms with Crippen LogP contribution >= 0.6 is 0 Å². The first-order valence-electron chi connectivity index (χ1n) is 3.02. The third-order valence-electron chi connectivity index (χ3n) is 1.10. The first-order valence-corrected chi connectivity index (χ1v) is 3.02. The Hall–Kier alpha value is -0.330. The van der Waals surface area contributed by atoms with Gasteiger partial charge in [-0.05, 0) is 0 Å². The minimum absolute atomic E-state index is 0.111. The standard InChI is InChI=1S/C5H7F3O3/c6-5(7,8)11-4-1-2-9-3-10-4/h4H,1-3H2. The number of rotatable bonds is 1. The number of hydrogen-bond acceptors (Lipinski definition) is 3. The first kappa shape index (κ1) is 8.76. The predicted molar refractivity (Wildman–Crippen MR) is 27.4 cm³/mol. The molecule has 0 bridgehead atoms. The maximum atomic E-state index is 11.5. The zero-order valence-corrected chi connectivity index (χ0v) is 5.56. The molecule has 0 N–H and O–H groups in total. The van der Waals surface area contributed by atoms with Crippen molar-refractivity contribution in [2.75, 3.05) is 13.4 Å². The Balaban J connectivity index is 2.24. The second-order valence-electron chi connectivity index (χ2n) is 1.97. The number of hydrogen-bond donors (Lipinski definition) is 0. The SMILES string of the molecule is FC(F)(F)OC1CCOCO1. The van der Waals surface area contributed by atoms with Gasteiger partial charge in [0.05, 0.1) is 6.61 Å². The predicted octanol–water partition coefficient (Wildman–Crippen LogP) is 1.24. The van der Waals surface area contributed by atoms with E-state index in [0.29, 0.717) is 0 Å². The quantitative estimate of drug-likeness (QED) is 0.595. The summed E-state index contributed by atoms with van der Waals surface area (Å²) < 4.78 is 47.2. The van der Waals surface area contributed by atoms with E-state index in [-0.39, 0.29) is 19.8 Å². The molecule has 1 saturated heterocycles. The van der Waals surface area contributed by atoms with Crippen molar-refractivity contribution in [1.29, 1.82) is 0 Å². The Bertz CT molecular complexity index is 119. The fraction of sp³-hybridized carbons (Fsp3) is 1.00. The zero-order chi connectivity index (χ0) is 8.32. The molecule has 6 heteroatoms. The third kappa shape index (κ3) is 3.54. The normalized spacial score (nSPS) is 27.0. The molecule has 0 amide bonds. The summed E-state index contributed by atoms with van der Waals surface area (Å²) in [4.78, 5) is 0. The van der Waals surface area contributed by atoms with Crippen molar-refractivity contribution >= 4 is 0 Å². The molecule has 1 aliphatic heterocycles. The molecule has 1 fully saturated rings. The lowest BCUT2D eigenvalue weighted by Gasteiger charge is -2.23. The van der Waals surface area contributed by atoms with Gasteiger partial charge in [0.2, 0.25) is 0 Å². The van der Waals surface area contributed by atoms with Crippen LogP contribution in [0.5, 0.6) is 0 Å². The molecule has 0 aliphatic carbocycles. The van der Waals surface area contributed by atoms with Crippen molar-refractivity contribution in [3.05, 3.63) is 0 Å². The zero-order valence-electron chi connectivity index (χ0n) is 5.56. The van der Waals surface area contributed by atoms with Crippen LogP contribution in [0.15, 0.2) is 0 Å². The van der Waals surface area contributed by atoms with Crippen LogP contribution in [0.2, 0.25) is 0 Å². The molecule has 0 aromatic rings.